The van der Waals surface area contributed by atoms with Gasteiger partial charge in [0.1, 0.15) is 0 Å². The van der Waals surface area contributed by atoms with E-state index in [9.17, 15) is 4.79 Å². The van der Waals surface area contributed by atoms with Gasteiger partial charge in [-0.1, -0.05) is 42.0 Å². The third kappa shape index (κ3) is 6.41. The molecule has 1 amide bonds. The summed E-state index contributed by atoms with van der Waals surface area (Å²) < 4.78 is 5.58. The van der Waals surface area contributed by atoms with Crippen LogP contribution in [0.15, 0.2) is 42.0 Å². The standard InChI is InChI=1S/C18H26N2O2/c1-20-11-9-16(10-12-20)14-19-18(21)8-5-13-22-15-17-6-3-2-4-7-17/h2-4,6-7,9H,5,8,10-15H2,1H3,(H,19,21). The number of carbonyl (C=O) groups is 1. The van der Waals surface area contributed by atoms with Crippen molar-refractivity contribution in [1.82, 2.24) is 10.2 Å². The van der Waals surface area contributed by atoms with Gasteiger partial charge in [-0.25, -0.2) is 0 Å². The van der Waals surface area contributed by atoms with Crippen LogP contribution in [0.25, 0.3) is 0 Å². The third-order valence-corrected chi connectivity index (χ3v) is 3.82. The van der Waals surface area contributed by atoms with Crippen LogP contribution in [-0.4, -0.2) is 44.1 Å². The molecular weight excluding hydrogens is 276 g/mol. The fraction of sp³-hybridized carbons (Fsp3) is 0.500. The van der Waals surface area contributed by atoms with Gasteiger partial charge in [0.15, 0.2) is 0 Å². The minimum Gasteiger partial charge on any atom is -0.377 e. The van der Waals surface area contributed by atoms with Crippen LogP contribution < -0.4 is 5.32 Å². The largest absolute Gasteiger partial charge is 0.377 e. The molecular formula is C18H26N2O2. The maximum Gasteiger partial charge on any atom is 0.220 e. The van der Waals surface area contributed by atoms with Crippen LogP contribution in [0.4, 0.5) is 0 Å². The molecule has 0 atom stereocenters. The molecule has 1 aliphatic heterocycles. The Morgan fingerprint density at radius 1 is 1.32 bits per heavy atom. The zero-order valence-corrected chi connectivity index (χ0v) is 13.4. The van der Waals surface area contributed by atoms with E-state index in [0.29, 0.717) is 26.2 Å². The van der Waals surface area contributed by atoms with Crippen molar-refractivity contribution in [2.45, 2.75) is 25.9 Å². The molecule has 4 nitrogen and oxygen atoms in total. The summed E-state index contributed by atoms with van der Waals surface area (Å²) >= 11 is 0. The van der Waals surface area contributed by atoms with Gasteiger partial charge in [-0.2, -0.15) is 0 Å². The van der Waals surface area contributed by atoms with Gasteiger partial charge >= 0.3 is 0 Å². The maximum absolute atomic E-state index is 11.8. The number of rotatable bonds is 8. The Hall–Kier alpha value is -1.65. The number of hydrogen-bond donors (Lipinski definition) is 1. The van der Waals surface area contributed by atoms with Crippen molar-refractivity contribution < 1.29 is 9.53 Å². The van der Waals surface area contributed by atoms with Gasteiger partial charge in [0.2, 0.25) is 5.91 Å². The third-order valence-electron chi connectivity index (χ3n) is 3.82. The van der Waals surface area contributed by atoms with E-state index in [2.05, 4.69) is 23.3 Å². The van der Waals surface area contributed by atoms with Gasteiger partial charge in [0.25, 0.3) is 0 Å². The van der Waals surface area contributed by atoms with Crippen molar-refractivity contribution in [2.24, 2.45) is 0 Å². The van der Waals surface area contributed by atoms with Crippen molar-refractivity contribution in [3.63, 3.8) is 0 Å². The molecule has 0 saturated carbocycles. The second-order valence-electron chi connectivity index (χ2n) is 5.79. The Morgan fingerprint density at radius 2 is 2.14 bits per heavy atom. The first-order chi connectivity index (χ1) is 10.7. The number of carbonyl (C=O) groups excluding carboxylic acids is 1. The zero-order chi connectivity index (χ0) is 15.6. The predicted octanol–water partition coefficient (Wildman–Crippen LogP) is 2.36. The molecule has 1 heterocycles. The summed E-state index contributed by atoms with van der Waals surface area (Å²) in [6.45, 7) is 3.99. The fourth-order valence-electron chi connectivity index (χ4n) is 2.37. The quantitative estimate of drug-likeness (QED) is 0.592. The lowest BCUT2D eigenvalue weighted by Crippen LogP contribution is -2.30. The average molecular weight is 302 g/mol. The highest BCUT2D eigenvalue weighted by atomic mass is 16.5. The molecule has 4 heteroatoms. The van der Waals surface area contributed by atoms with Crippen LogP contribution in [0.5, 0.6) is 0 Å². The van der Waals surface area contributed by atoms with Crippen LogP contribution in [-0.2, 0) is 16.1 Å². The highest BCUT2D eigenvalue weighted by Gasteiger charge is 2.08. The number of amides is 1. The average Bonchev–Trinajstić information content (AvgIpc) is 2.55. The molecule has 0 radical (unpaired) electrons. The van der Waals surface area contributed by atoms with Gasteiger partial charge in [0, 0.05) is 32.7 Å². The van der Waals surface area contributed by atoms with Crippen LogP contribution in [0, 0.1) is 0 Å². The molecule has 0 unspecified atom stereocenters. The van der Waals surface area contributed by atoms with Crippen molar-refractivity contribution in [3.8, 4) is 0 Å². The second-order valence-corrected chi connectivity index (χ2v) is 5.79. The van der Waals surface area contributed by atoms with Crippen LogP contribution in [0.1, 0.15) is 24.8 Å². The Morgan fingerprint density at radius 3 is 2.86 bits per heavy atom. The SMILES string of the molecule is CN1CC=C(CNC(=O)CCCOCc2ccccc2)CC1. The van der Waals surface area contributed by atoms with Gasteiger partial charge in [-0.05, 0) is 25.5 Å². The monoisotopic (exact) mass is 302 g/mol. The zero-order valence-electron chi connectivity index (χ0n) is 13.4. The molecule has 1 aromatic carbocycles. The highest BCUT2D eigenvalue weighted by molar-refractivity contribution is 5.76. The number of nitrogens with zero attached hydrogens (tertiary/aromatic N) is 1. The molecule has 1 N–H and O–H groups in total. The molecule has 1 aromatic rings. The van der Waals surface area contributed by atoms with Gasteiger partial charge < -0.3 is 15.0 Å². The van der Waals surface area contributed by atoms with E-state index >= 15 is 0 Å². The Labute approximate surface area is 133 Å². The van der Waals surface area contributed by atoms with Crippen LogP contribution >= 0.6 is 0 Å². The number of ether oxygens (including phenoxy) is 1. The van der Waals surface area contributed by atoms with E-state index in [-0.39, 0.29) is 5.91 Å². The molecule has 0 bridgehead atoms. The summed E-state index contributed by atoms with van der Waals surface area (Å²) in [7, 11) is 2.11. The van der Waals surface area contributed by atoms with Crippen molar-refractivity contribution >= 4 is 5.91 Å². The van der Waals surface area contributed by atoms with Crippen LogP contribution in [0.3, 0.4) is 0 Å². The number of hydrogen-bond acceptors (Lipinski definition) is 3. The summed E-state index contributed by atoms with van der Waals surface area (Å²) in [6, 6.07) is 10.1. The lowest BCUT2D eigenvalue weighted by Gasteiger charge is -2.22. The van der Waals surface area contributed by atoms with Gasteiger partial charge in [-0.15, -0.1) is 0 Å². The van der Waals surface area contributed by atoms with Crippen molar-refractivity contribution in [3.05, 3.63) is 47.5 Å². The second kappa shape index (κ2) is 9.38. The first kappa shape index (κ1) is 16.7. The smallest absolute Gasteiger partial charge is 0.220 e. The number of nitrogens with one attached hydrogen (secondary N) is 1. The predicted molar refractivity (Wildman–Crippen MR) is 88.5 cm³/mol. The first-order valence-electron chi connectivity index (χ1n) is 7.99. The lowest BCUT2D eigenvalue weighted by molar-refractivity contribution is -0.121. The lowest BCUT2D eigenvalue weighted by atomic mass is 10.1. The number of likely N-dealkylation sites (N-methyl/N-ethyl adjacent to an activating group) is 1. The summed E-state index contributed by atoms with van der Waals surface area (Å²) in [5.41, 5.74) is 2.51. The fourth-order valence-corrected chi connectivity index (χ4v) is 2.37. The summed E-state index contributed by atoms with van der Waals surface area (Å²) in [5.74, 6) is 0.114. The minimum atomic E-state index is 0.114. The van der Waals surface area contributed by atoms with E-state index in [1.165, 1.54) is 11.1 Å². The molecule has 0 aliphatic carbocycles. The summed E-state index contributed by atoms with van der Waals surface area (Å²) in [5, 5.41) is 2.99. The van der Waals surface area contributed by atoms with E-state index in [4.69, 9.17) is 4.74 Å². The Balaban J connectivity index is 1.51. The Bertz CT molecular complexity index is 485. The molecule has 22 heavy (non-hydrogen) atoms. The minimum absolute atomic E-state index is 0.114. The molecule has 0 spiro atoms. The first-order valence-corrected chi connectivity index (χ1v) is 7.99. The van der Waals surface area contributed by atoms with E-state index < -0.39 is 0 Å². The number of benzene rings is 1. The van der Waals surface area contributed by atoms with Crippen molar-refractivity contribution in [1.29, 1.82) is 0 Å². The summed E-state index contributed by atoms with van der Waals surface area (Å²) in [4.78, 5) is 14.1. The topological polar surface area (TPSA) is 41.6 Å². The Kier molecular flexibility index (Phi) is 7.13. The molecule has 0 saturated heterocycles. The molecule has 1 aliphatic rings. The molecule has 120 valence electrons. The molecule has 0 fully saturated rings. The normalized spacial score (nSPS) is 15.4. The van der Waals surface area contributed by atoms with Crippen molar-refractivity contribution in [2.75, 3.05) is 33.3 Å². The highest BCUT2D eigenvalue weighted by Crippen LogP contribution is 2.08. The maximum atomic E-state index is 11.8. The molecule has 2 rings (SSSR count). The summed E-state index contributed by atoms with van der Waals surface area (Å²) in [6.07, 6.45) is 4.56. The van der Waals surface area contributed by atoms with E-state index in [1.807, 2.05) is 30.3 Å². The van der Waals surface area contributed by atoms with Crippen LogP contribution in [0.2, 0.25) is 0 Å². The van der Waals surface area contributed by atoms with E-state index in [1.54, 1.807) is 0 Å². The van der Waals surface area contributed by atoms with E-state index in [0.717, 1.165) is 25.9 Å². The van der Waals surface area contributed by atoms with Gasteiger partial charge in [-0.3, -0.25) is 4.79 Å². The van der Waals surface area contributed by atoms with Gasteiger partial charge in [0.05, 0.1) is 6.61 Å². The molecule has 0 aromatic heterocycles.